The zero-order valence-electron chi connectivity index (χ0n) is 11.7. The molecule has 0 saturated carbocycles. The van der Waals surface area contributed by atoms with Crippen molar-refractivity contribution in [3.8, 4) is 0 Å². The summed E-state index contributed by atoms with van der Waals surface area (Å²) < 4.78 is 36.0. The maximum Gasteiger partial charge on any atom is 0.238 e. The largest absolute Gasteiger partial charge is 0.396 e. The van der Waals surface area contributed by atoms with E-state index in [-0.39, 0.29) is 35.7 Å². The van der Waals surface area contributed by atoms with E-state index in [4.69, 9.17) is 5.73 Å². The minimum Gasteiger partial charge on any atom is -0.396 e. The van der Waals surface area contributed by atoms with Crippen LogP contribution in [0.3, 0.4) is 0 Å². The molecule has 0 aromatic heterocycles. The van der Waals surface area contributed by atoms with Gasteiger partial charge in [-0.05, 0) is 25.1 Å². The van der Waals surface area contributed by atoms with Crippen molar-refractivity contribution in [2.45, 2.75) is 13.0 Å². The number of carbonyl (C=O) groups is 1. The molecule has 1 unspecified atom stereocenters. The number of nitrogen functional groups attached to an aromatic ring is 1. The van der Waals surface area contributed by atoms with Gasteiger partial charge in [0.15, 0.2) is 9.84 Å². The van der Waals surface area contributed by atoms with Gasteiger partial charge in [-0.15, -0.1) is 0 Å². The Balaban J connectivity index is 1.94. The van der Waals surface area contributed by atoms with Crippen molar-refractivity contribution in [1.82, 2.24) is 4.90 Å². The molecule has 1 saturated heterocycles. The number of anilines is 2. The molecule has 1 aromatic rings. The van der Waals surface area contributed by atoms with Crippen LogP contribution in [0.2, 0.25) is 0 Å². The lowest BCUT2D eigenvalue weighted by Gasteiger charge is -2.32. The van der Waals surface area contributed by atoms with E-state index >= 15 is 0 Å². The summed E-state index contributed by atoms with van der Waals surface area (Å²) in [6.07, 6.45) is 0. The Morgan fingerprint density at radius 3 is 2.86 bits per heavy atom. The predicted molar refractivity (Wildman–Crippen MR) is 79.1 cm³/mol. The fourth-order valence-corrected chi connectivity index (χ4v) is 3.90. The first-order valence-electron chi connectivity index (χ1n) is 6.56. The van der Waals surface area contributed by atoms with Crippen LogP contribution in [0.1, 0.15) is 6.92 Å². The fourth-order valence-electron chi connectivity index (χ4n) is 2.27. The lowest BCUT2D eigenvalue weighted by Crippen LogP contribution is -2.49. The number of sulfone groups is 1. The summed E-state index contributed by atoms with van der Waals surface area (Å²) in [6, 6.07) is 3.75. The first-order chi connectivity index (χ1) is 9.77. The number of rotatable bonds is 3. The lowest BCUT2D eigenvalue weighted by atomic mass is 10.2. The zero-order chi connectivity index (χ0) is 15.6. The number of carbonyl (C=O) groups excluding carboxylic acids is 1. The number of hydrogen-bond donors (Lipinski definition) is 2. The summed E-state index contributed by atoms with van der Waals surface area (Å²) in [7, 11) is -3.00. The minimum atomic E-state index is -3.00. The maximum atomic E-state index is 13.0. The van der Waals surface area contributed by atoms with E-state index in [1.165, 1.54) is 18.2 Å². The number of halogens is 1. The number of nitrogens with zero attached hydrogens (tertiary/aromatic N) is 1. The summed E-state index contributed by atoms with van der Waals surface area (Å²) in [4.78, 5) is 13.8. The van der Waals surface area contributed by atoms with E-state index < -0.39 is 15.7 Å². The third-order valence-corrected chi connectivity index (χ3v) is 5.23. The highest BCUT2D eigenvalue weighted by Gasteiger charge is 2.29. The molecule has 116 valence electrons. The molecule has 21 heavy (non-hydrogen) atoms. The molecule has 1 aromatic carbocycles. The molecular weight excluding hydrogens is 297 g/mol. The Morgan fingerprint density at radius 1 is 1.52 bits per heavy atom. The molecule has 1 atom stereocenters. The summed E-state index contributed by atoms with van der Waals surface area (Å²) in [6.45, 7) is 2.20. The second-order valence-electron chi connectivity index (χ2n) is 5.22. The van der Waals surface area contributed by atoms with E-state index in [0.29, 0.717) is 12.2 Å². The molecule has 2 rings (SSSR count). The molecule has 6 nitrogen and oxygen atoms in total. The van der Waals surface area contributed by atoms with Crippen molar-refractivity contribution in [2.24, 2.45) is 0 Å². The van der Waals surface area contributed by atoms with Gasteiger partial charge in [0.25, 0.3) is 0 Å². The average molecular weight is 315 g/mol. The number of nitrogens with two attached hydrogens (primary N) is 1. The number of benzene rings is 1. The Labute approximate surface area is 123 Å². The number of nitrogens with one attached hydrogen (secondary N) is 1. The second kappa shape index (κ2) is 5.98. The second-order valence-corrected chi connectivity index (χ2v) is 7.45. The highest BCUT2D eigenvalue weighted by molar-refractivity contribution is 7.91. The van der Waals surface area contributed by atoms with Crippen molar-refractivity contribution in [3.05, 3.63) is 24.0 Å². The summed E-state index contributed by atoms with van der Waals surface area (Å²) in [5.41, 5.74) is 5.81. The maximum absolute atomic E-state index is 13.0. The third-order valence-electron chi connectivity index (χ3n) is 3.43. The molecule has 1 aliphatic heterocycles. The molecule has 8 heteroatoms. The van der Waals surface area contributed by atoms with E-state index in [0.717, 1.165) is 0 Å². The molecule has 0 radical (unpaired) electrons. The highest BCUT2D eigenvalue weighted by atomic mass is 32.2. The van der Waals surface area contributed by atoms with Gasteiger partial charge < -0.3 is 11.1 Å². The zero-order valence-corrected chi connectivity index (χ0v) is 12.5. The van der Waals surface area contributed by atoms with Crippen LogP contribution >= 0.6 is 0 Å². The van der Waals surface area contributed by atoms with E-state index in [1.54, 1.807) is 6.92 Å². The first kappa shape index (κ1) is 15.7. The van der Waals surface area contributed by atoms with Gasteiger partial charge in [0.05, 0.1) is 23.7 Å². The van der Waals surface area contributed by atoms with Crippen LogP contribution in [0.25, 0.3) is 0 Å². The van der Waals surface area contributed by atoms with Gasteiger partial charge in [-0.1, -0.05) is 0 Å². The van der Waals surface area contributed by atoms with Gasteiger partial charge >= 0.3 is 0 Å². The molecule has 0 spiro atoms. The van der Waals surface area contributed by atoms with Crippen molar-refractivity contribution in [3.63, 3.8) is 0 Å². The van der Waals surface area contributed by atoms with Crippen molar-refractivity contribution < 1.29 is 17.6 Å². The Morgan fingerprint density at radius 2 is 2.24 bits per heavy atom. The van der Waals surface area contributed by atoms with Crippen molar-refractivity contribution in [1.29, 1.82) is 0 Å². The molecule has 0 aliphatic carbocycles. The third kappa shape index (κ3) is 4.15. The Bertz CT molecular complexity index is 648. The van der Waals surface area contributed by atoms with Crippen LogP contribution in [0, 0.1) is 5.82 Å². The molecule has 1 amide bonds. The van der Waals surface area contributed by atoms with Crippen molar-refractivity contribution >= 4 is 27.1 Å². The van der Waals surface area contributed by atoms with Gasteiger partial charge in [-0.2, -0.15) is 0 Å². The lowest BCUT2D eigenvalue weighted by molar-refractivity contribution is -0.117. The molecule has 1 fully saturated rings. The van der Waals surface area contributed by atoms with Gasteiger partial charge in [-0.25, -0.2) is 12.8 Å². The molecule has 1 aliphatic rings. The normalized spacial score (nSPS) is 21.9. The molecular formula is C13H18FN3O3S. The van der Waals surface area contributed by atoms with Gasteiger partial charge in [0, 0.05) is 18.3 Å². The van der Waals surface area contributed by atoms with Gasteiger partial charge in [0.1, 0.15) is 5.82 Å². The number of amides is 1. The minimum absolute atomic E-state index is 0.0368. The molecule has 1 heterocycles. The molecule has 0 bridgehead atoms. The smallest absolute Gasteiger partial charge is 0.238 e. The van der Waals surface area contributed by atoms with Crippen molar-refractivity contribution in [2.75, 3.05) is 35.6 Å². The van der Waals surface area contributed by atoms with E-state index in [9.17, 15) is 17.6 Å². The summed E-state index contributed by atoms with van der Waals surface area (Å²) in [5.74, 6) is -0.701. The van der Waals surface area contributed by atoms with Crippen LogP contribution < -0.4 is 11.1 Å². The summed E-state index contributed by atoms with van der Waals surface area (Å²) in [5, 5.41) is 2.62. The first-order valence-corrected chi connectivity index (χ1v) is 8.38. The van der Waals surface area contributed by atoms with Crippen LogP contribution in [0.4, 0.5) is 15.8 Å². The quantitative estimate of drug-likeness (QED) is 0.791. The predicted octanol–water partition coefficient (Wildman–Crippen LogP) is 0.465. The summed E-state index contributed by atoms with van der Waals surface area (Å²) >= 11 is 0. The number of hydrogen-bond acceptors (Lipinski definition) is 5. The van der Waals surface area contributed by atoms with E-state index in [2.05, 4.69) is 5.32 Å². The van der Waals surface area contributed by atoms with Crippen LogP contribution in [0.5, 0.6) is 0 Å². The SMILES string of the molecule is CC1CS(=O)(=O)CCN1CC(=O)Nc1ccc(F)c(N)c1. The van der Waals surface area contributed by atoms with Crippen LogP contribution in [-0.2, 0) is 14.6 Å². The highest BCUT2D eigenvalue weighted by Crippen LogP contribution is 2.17. The standard InChI is InChI=1S/C13H18FN3O3S/c1-9-8-21(19,20)5-4-17(9)7-13(18)16-10-2-3-11(14)12(15)6-10/h2-3,6,9H,4-5,7-8,15H2,1H3,(H,16,18). The van der Waals surface area contributed by atoms with Crippen LogP contribution in [-0.4, -0.2) is 49.9 Å². The van der Waals surface area contributed by atoms with Gasteiger partial charge in [0.2, 0.25) is 5.91 Å². The molecule has 3 N–H and O–H groups in total. The van der Waals surface area contributed by atoms with E-state index in [1.807, 2.05) is 4.90 Å². The fraction of sp³-hybridized carbons (Fsp3) is 0.462. The topological polar surface area (TPSA) is 92.5 Å². The Hall–Kier alpha value is -1.67. The van der Waals surface area contributed by atoms with Crippen LogP contribution in [0.15, 0.2) is 18.2 Å². The van der Waals surface area contributed by atoms with Gasteiger partial charge in [-0.3, -0.25) is 9.69 Å². The monoisotopic (exact) mass is 315 g/mol. The Kier molecular flexibility index (Phi) is 4.48. The average Bonchev–Trinajstić information content (AvgIpc) is 2.37.